The van der Waals surface area contributed by atoms with E-state index in [0.29, 0.717) is 19.6 Å². The third-order valence-electron chi connectivity index (χ3n) is 6.80. The third kappa shape index (κ3) is 4.54. The average Bonchev–Trinajstić information content (AvgIpc) is 3.17. The number of hydrogen-bond donors (Lipinski definition) is 1. The maximum atomic E-state index is 13.1. The van der Waals surface area contributed by atoms with E-state index in [1.165, 1.54) is 16.7 Å². The van der Waals surface area contributed by atoms with Gasteiger partial charge in [-0.3, -0.25) is 9.69 Å². The summed E-state index contributed by atoms with van der Waals surface area (Å²) in [5, 5.41) is 9.46. The van der Waals surface area contributed by atoms with Crippen molar-refractivity contribution in [3.63, 3.8) is 0 Å². The molecule has 0 bridgehead atoms. The second-order valence-electron chi connectivity index (χ2n) is 8.97. The van der Waals surface area contributed by atoms with E-state index < -0.39 is 18.1 Å². The molecule has 1 unspecified atom stereocenters. The van der Waals surface area contributed by atoms with Crippen LogP contribution in [0.15, 0.2) is 78.9 Å². The Kier molecular flexibility index (Phi) is 6.32. The van der Waals surface area contributed by atoms with Gasteiger partial charge >= 0.3 is 12.1 Å². The van der Waals surface area contributed by atoms with Crippen LogP contribution in [0.25, 0.3) is 11.1 Å². The van der Waals surface area contributed by atoms with E-state index in [1.54, 1.807) is 4.90 Å². The van der Waals surface area contributed by atoms with Crippen LogP contribution in [0, 0.1) is 0 Å². The molecule has 6 heteroatoms. The van der Waals surface area contributed by atoms with Crippen molar-refractivity contribution in [3.05, 3.63) is 95.6 Å². The minimum absolute atomic E-state index is 0.0198. The fourth-order valence-corrected chi connectivity index (χ4v) is 5.20. The van der Waals surface area contributed by atoms with Crippen LogP contribution in [0.5, 0.6) is 0 Å². The topological polar surface area (TPSA) is 70.1 Å². The van der Waals surface area contributed by atoms with Gasteiger partial charge in [-0.25, -0.2) is 4.79 Å². The predicted octanol–water partition coefficient (Wildman–Crippen LogP) is 4.60. The Bertz CT molecular complexity index is 1130. The van der Waals surface area contributed by atoms with Crippen LogP contribution >= 0.6 is 0 Å². The summed E-state index contributed by atoms with van der Waals surface area (Å²) in [6.07, 6.45) is -0.539. The van der Waals surface area contributed by atoms with Gasteiger partial charge in [0.15, 0.2) is 0 Å². The van der Waals surface area contributed by atoms with E-state index in [9.17, 15) is 14.7 Å². The van der Waals surface area contributed by atoms with Gasteiger partial charge in [0.25, 0.3) is 0 Å². The van der Waals surface area contributed by atoms with Crippen LogP contribution in [0.1, 0.15) is 29.0 Å². The van der Waals surface area contributed by atoms with Crippen molar-refractivity contribution < 1.29 is 19.4 Å². The van der Waals surface area contributed by atoms with Crippen molar-refractivity contribution in [2.75, 3.05) is 26.2 Å². The Morgan fingerprint density at radius 1 is 0.853 bits per heavy atom. The molecule has 1 N–H and O–H groups in total. The van der Waals surface area contributed by atoms with E-state index in [-0.39, 0.29) is 18.9 Å². The van der Waals surface area contributed by atoms with Crippen molar-refractivity contribution in [1.82, 2.24) is 9.80 Å². The molecule has 5 rings (SSSR count). The number of carboxylic acid groups (broad SMARTS) is 1. The fourth-order valence-electron chi connectivity index (χ4n) is 5.20. The Labute approximate surface area is 199 Å². The van der Waals surface area contributed by atoms with Gasteiger partial charge in [0.2, 0.25) is 0 Å². The molecule has 1 aliphatic heterocycles. The van der Waals surface area contributed by atoms with E-state index in [4.69, 9.17) is 4.74 Å². The average molecular weight is 457 g/mol. The monoisotopic (exact) mass is 456 g/mol. The third-order valence-corrected chi connectivity index (χ3v) is 6.80. The minimum Gasteiger partial charge on any atom is -0.481 e. The molecule has 1 heterocycles. The van der Waals surface area contributed by atoms with E-state index in [0.717, 1.165) is 17.7 Å². The summed E-state index contributed by atoms with van der Waals surface area (Å²) >= 11 is 0. The minimum atomic E-state index is -0.914. The smallest absolute Gasteiger partial charge is 0.410 e. The number of carboxylic acids is 1. The number of fused-ring (bicyclic) bond motifs is 3. The molecular weight excluding hydrogens is 428 g/mol. The van der Waals surface area contributed by atoms with Crippen molar-refractivity contribution in [2.45, 2.75) is 24.9 Å². The molecule has 6 nitrogen and oxygen atoms in total. The summed E-state index contributed by atoms with van der Waals surface area (Å²) in [7, 11) is 0. The fraction of sp³-hybridized carbons (Fsp3) is 0.286. The summed E-state index contributed by atoms with van der Waals surface area (Å²) in [6, 6.07) is 26.1. The Hall–Kier alpha value is -3.64. The van der Waals surface area contributed by atoms with Crippen molar-refractivity contribution in [2.24, 2.45) is 0 Å². The highest BCUT2D eigenvalue weighted by atomic mass is 16.6. The molecule has 0 saturated carbocycles. The number of aliphatic carboxylic acids is 1. The lowest BCUT2D eigenvalue weighted by Crippen LogP contribution is -2.55. The first-order valence-electron chi connectivity index (χ1n) is 11.7. The molecule has 1 saturated heterocycles. The molecule has 3 aromatic carbocycles. The first-order valence-corrected chi connectivity index (χ1v) is 11.7. The second kappa shape index (κ2) is 9.69. The Morgan fingerprint density at radius 3 is 2.12 bits per heavy atom. The largest absolute Gasteiger partial charge is 0.481 e. The number of piperazine rings is 1. The number of carbonyl (C=O) groups excluding carboxylic acids is 1. The zero-order valence-corrected chi connectivity index (χ0v) is 19.0. The predicted molar refractivity (Wildman–Crippen MR) is 130 cm³/mol. The van der Waals surface area contributed by atoms with Gasteiger partial charge in [-0.1, -0.05) is 78.9 Å². The molecule has 1 aliphatic carbocycles. The molecule has 0 aromatic heterocycles. The number of hydrogen-bond acceptors (Lipinski definition) is 4. The first-order chi connectivity index (χ1) is 16.6. The number of amides is 1. The normalized spacial score (nSPS) is 17.8. The van der Waals surface area contributed by atoms with Crippen molar-refractivity contribution >= 4 is 12.1 Å². The van der Waals surface area contributed by atoms with Crippen LogP contribution in [0.3, 0.4) is 0 Å². The SMILES string of the molecule is O=C(O)CC1CN(Cc2ccccc2)CCN1C(=O)OCC1c2ccccc2-c2ccccc21. The lowest BCUT2D eigenvalue weighted by atomic mass is 9.98. The lowest BCUT2D eigenvalue weighted by Gasteiger charge is -2.40. The highest BCUT2D eigenvalue weighted by Gasteiger charge is 2.34. The summed E-state index contributed by atoms with van der Waals surface area (Å²) < 4.78 is 5.82. The molecule has 1 atom stereocenters. The quantitative estimate of drug-likeness (QED) is 0.587. The van der Waals surface area contributed by atoms with Crippen LogP contribution in [-0.4, -0.2) is 59.3 Å². The molecule has 174 valence electrons. The Balaban J connectivity index is 1.27. The van der Waals surface area contributed by atoms with Gasteiger partial charge in [0, 0.05) is 32.1 Å². The molecule has 34 heavy (non-hydrogen) atoms. The van der Waals surface area contributed by atoms with Crippen LogP contribution in [-0.2, 0) is 16.1 Å². The molecular formula is C28H28N2O4. The number of rotatable bonds is 6. The van der Waals surface area contributed by atoms with Gasteiger partial charge < -0.3 is 14.7 Å². The summed E-state index contributed by atoms with van der Waals surface area (Å²) in [5.41, 5.74) is 5.85. The zero-order chi connectivity index (χ0) is 23.5. The first kappa shape index (κ1) is 22.2. The van der Waals surface area contributed by atoms with Crippen molar-refractivity contribution in [3.8, 4) is 11.1 Å². The molecule has 3 aromatic rings. The summed E-state index contributed by atoms with van der Waals surface area (Å²) in [4.78, 5) is 28.5. The maximum Gasteiger partial charge on any atom is 0.410 e. The molecule has 0 spiro atoms. The van der Waals surface area contributed by atoms with Crippen molar-refractivity contribution in [1.29, 1.82) is 0 Å². The van der Waals surface area contributed by atoms with Gasteiger partial charge in [-0.05, 0) is 27.8 Å². The highest BCUT2D eigenvalue weighted by Crippen LogP contribution is 2.44. The lowest BCUT2D eigenvalue weighted by molar-refractivity contribution is -0.138. The van der Waals surface area contributed by atoms with Gasteiger partial charge in [0.1, 0.15) is 6.61 Å². The van der Waals surface area contributed by atoms with E-state index in [1.807, 2.05) is 42.5 Å². The van der Waals surface area contributed by atoms with E-state index >= 15 is 0 Å². The Morgan fingerprint density at radius 2 is 1.47 bits per heavy atom. The second-order valence-corrected chi connectivity index (χ2v) is 8.97. The van der Waals surface area contributed by atoms with Crippen LogP contribution in [0.4, 0.5) is 4.79 Å². The standard InChI is InChI=1S/C28H28N2O4/c31-27(32)16-21-18-29(17-20-8-2-1-3-9-20)14-15-30(21)28(33)34-19-26-24-12-6-4-10-22(24)23-11-5-7-13-25(23)26/h1-13,21,26H,14-19H2,(H,31,32). The zero-order valence-electron chi connectivity index (χ0n) is 19.0. The van der Waals surface area contributed by atoms with E-state index in [2.05, 4.69) is 41.3 Å². The molecule has 1 fully saturated rings. The molecule has 0 radical (unpaired) electrons. The summed E-state index contributed by atoms with van der Waals surface area (Å²) in [5.74, 6) is -0.934. The van der Waals surface area contributed by atoms with Crippen LogP contribution < -0.4 is 0 Å². The number of nitrogens with zero attached hydrogens (tertiary/aromatic N) is 2. The molecule has 1 amide bonds. The number of carbonyl (C=O) groups is 2. The highest BCUT2D eigenvalue weighted by molar-refractivity contribution is 5.79. The molecule has 2 aliphatic rings. The van der Waals surface area contributed by atoms with Gasteiger partial charge in [-0.15, -0.1) is 0 Å². The van der Waals surface area contributed by atoms with Gasteiger partial charge in [0.05, 0.1) is 12.5 Å². The number of benzene rings is 3. The van der Waals surface area contributed by atoms with Gasteiger partial charge in [-0.2, -0.15) is 0 Å². The summed E-state index contributed by atoms with van der Waals surface area (Å²) in [6.45, 7) is 2.59. The van der Waals surface area contributed by atoms with Crippen LogP contribution in [0.2, 0.25) is 0 Å². The number of ether oxygens (including phenoxy) is 1. The maximum absolute atomic E-state index is 13.1.